The van der Waals surface area contributed by atoms with E-state index in [4.69, 9.17) is 4.74 Å². The lowest BCUT2D eigenvalue weighted by Crippen LogP contribution is -2.38. The second kappa shape index (κ2) is 5.17. The Morgan fingerprint density at radius 1 is 1.56 bits per heavy atom. The first kappa shape index (κ1) is 12.6. The molecule has 2 nitrogen and oxygen atoms in total. The molecule has 1 aliphatic carbocycles. The molecule has 90 valence electrons. The van der Waals surface area contributed by atoms with Crippen molar-refractivity contribution < 1.29 is 9.84 Å². The third-order valence-electron chi connectivity index (χ3n) is 3.38. The van der Waals surface area contributed by atoms with Gasteiger partial charge in [-0.05, 0) is 53.1 Å². The van der Waals surface area contributed by atoms with Gasteiger partial charge in [0.15, 0.2) is 0 Å². The van der Waals surface area contributed by atoms with Crippen LogP contribution >= 0.6 is 27.3 Å². The zero-order valence-electron chi connectivity index (χ0n) is 9.41. The van der Waals surface area contributed by atoms with Crippen LogP contribution in [0.1, 0.15) is 30.6 Å². The van der Waals surface area contributed by atoms with E-state index in [2.05, 4.69) is 21.3 Å². The molecule has 1 aromatic heterocycles. The van der Waals surface area contributed by atoms with Crippen molar-refractivity contribution in [2.24, 2.45) is 0 Å². The number of halogens is 1. The minimum absolute atomic E-state index is 0.340. The van der Waals surface area contributed by atoms with Gasteiger partial charge in [-0.25, -0.2) is 0 Å². The summed E-state index contributed by atoms with van der Waals surface area (Å²) in [4.78, 5) is 1.25. The van der Waals surface area contributed by atoms with Crippen LogP contribution in [0.4, 0.5) is 0 Å². The molecule has 1 aliphatic rings. The van der Waals surface area contributed by atoms with E-state index in [-0.39, 0.29) is 0 Å². The smallest absolute Gasteiger partial charge is 0.0698 e. The van der Waals surface area contributed by atoms with Crippen LogP contribution in [0.3, 0.4) is 0 Å². The van der Waals surface area contributed by atoms with E-state index >= 15 is 0 Å². The molecular formula is C12H17BrO2S. The van der Waals surface area contributed by atoms with E-state index in [1.54, 1.807) is 18.4 Å². The molecular weight excluding hydrogens is 288 g/mol. The van der Waals surface area contributed by atoms with Gasteiger partial charge in [-0.2, -0.15) is 0 Å². The molecule has 1 aromatic rings. The lowest BCUT2D eigenvalue weighted by molar-refractivity contribution is -0.0423. The Hall–Kier alpha value is 0.100. The van der Waals surface area contributed by atoms with Crippen LogP contribution in [0.25, 0.3) is 0 Å². The summed E-state index contributed by atoms with van der Waals surface area (Å²) in [7, 11) is 1.75. The Bertz CT molecular complexity index is 343. The van der Waals surface area contributed by atoms with Gasteiger partial charge >= 0.3 is 0 Å². The maximum Gasteiger partial charge on any atom is 0.0698 e. The molecule has 0 bridgehead atoms. The molecule has 0 radical (unpaired) electrons. The van der Waals surface area contributed by atoms with E-state index in [1.807, 2.05) is 6.07 Å². The molecule has 0 aliphatic heterocycles. The number of hydrogen-bond acceptors (Lipinski definition) is 3. The fourth-order valence-corrected chi connectivity index (χ4v) is 3.92. The molecule has 16 heavy (non-hydrogen) atoms. The molecule has 0 amide bonds. The Morgan fingerprint density at radius 3 is 2.75 bits per heavy atom. The highest BCUT2D eigenvalue weighted by atomic mass is 79.9. The van der Waals surface area contributed by atoms with Crippen LogP contribution in [0.5, 0.6) is 0 Å². The number of thiophene rings is 1. The lowest BCUT2D eigenvalue weighted by Gasteiger charge is -2.35. The molecule has 0 aromatic carbocycles. The van der Waals surface area contributed by atoms with E-state index in [1.165, 1.54) is 4.88 Å². The number of methoxy groups -OCH3 is 1. The second-order valence-corrected chi connectivity index (χ2v) is 6.38. The summed E-state index contributed by atoms with van der Waals surface area (Å²) in [6.45, 7) is 0. The number of ether oxygens (including phenoxy) is 1. The van der Waals surface area contributed by atoms with Crippen LogP contribution in [-0.4, -0.2) is 23.9 Å². The quantitative estimate of drug-likeness (QED) is 0.928. The molecule has 0 atom stereocenters. The molecule has 1 saturated carbocycles. The van der Waals surface area contributed by atoms with Crippen LogP contribution in [0.2, 0.25) is 0 Å². The third kappa shape index (κ3) is 2.86. The highest BCUT2D eigenvalue weighted by Crippen LogP contribution is 2.35. The van der Waals surface area contributed by atoms with E-state index in [9.17, 15) is 5.11 Å². The Balaban J connectivity index is 1.97. The van der Waals surface area contributed by atoms with Gasteiger partial charge in [0.1, 0.15) is 0 Å². The zero-order chi connectivity index (χ0) is 11.6. The largest absolute Gasteiger partial charge is 0.390 e. The summed E-state index contributed by atoms with van der Waals surface area (Å²) < 4.78 is 6.45. The maximum absolute atomic E-state index is 10.5. The Kier molecular flexibility index (Phi) is 4.06. The Labute approximate surface area is 109 Å². The highest BCUT2D eigenvalue weighted by Gasteiger charge is 2.34. The monoisotopic (exact) mass is 304 g/mol. The van der Waals surface area contributed by atoms with Crippen molar-refractivity contribution in [1.82, 2.24) is 0 Å². The summed E-state index contributed by atoms with van der Waals surface area (Å²) in [5, 5.41) is 12.6. The molecule has 4 heteroatoms. The molecule has 1 heterocycles. The van der Waals surface area contributed by atoms with Gasteiger partial charge in [0.2, 0.25) is 0 Å². The van der Waals surface area contributed by atoms with Crippen molar-refractivity contribution in [2.45, 2.75) is 43.8 Å². The van der Waals surface area contributed by atoms with Gasteiger partial charge in [-0.15, -0.1) is 11.3 Å². The average Bonchev–Trinajstić information content (AvgIpc) is 2.65. The summed E-state index contributed by atoms with van der Waals surface area (Å²) in [5.74, 6) is 0. The number of aliphatic hydroxyl groups is 1. The Morgan fingerprint density at radius 2 is 2.25 bits per heavy atom. The van der Waals surface area contributed by atoms with Crippen molar-refractivity contribution in [3.05, 3.63) is 20.8 Å². The molecule has 1 N–H and O–H groups in total. The van der Waals surface area contributed by atoms with Crippen molar-refractivity contribution in [3.8, 4) is 0 Å². The van der Waals surface area contributed by atoms with Crippen molar-refractivity contribution >= 4 is 27.3 Å². The van der Waals surface area contributed by atoms with Gasteiger partial charge in [0, 0.05) is 22.9 Å². The number of rotatable bonds is 3. The van der Waals surface area contributed by atoms with Gasteiger partial charge in [0.25, 0.3) is 0 Å². The molecule has 0 saturated heterocycles. The highest BCUT2D eigenvalue weighted by molar-refractivity contribution is 9.10. The summed E-state index contributed by atoms with van der Waals surface area (Å²) in [6, 6.07) is 2.05. The van der Waals surface area contributed by atoms with E-state index in [0.29, 0.717) is 6.10 Å². The van der Waals surface area contributed by atoms with E-state index < -0.39 is 5.60 Å². The minimum Gasteiger partial charge on any atom is -0.390 e. The average molecular weight is 305 g/mol. The first-order valence-corrected chi connectivity index (χ1v) is 7.27. The van der Waals surface area contributed by atoms with Gasteiger partial charge < -0.3 is 9.84 Å². The van der Waals surface area contributed by atoms with Crippen molar-refractivity contribution in [2.75, 3.05) is 7.11 Å². The first-order valence-electron chi connectivity index (χ1n) is 5.60. The van der Waals surface area contributed by atoms with E-state index in [0.717, 1.165) is 36.6 Å². The summed E-state index contributed by atoms with van der Waals surface area (Å²) in [5.41, 5.74) is -0.525. The molecule has 1 fully saturated rings. The predicted molar refractivity (Wildman–Crippen MR) is 69.9 cm³/mol. The van der Waals surface area contributed by atoms with Gasteiger partial charge in [-0.3, -0.25) is 0 Å². The number of hydrogen-bond donors (Lipinski definition) is 1. The normalized spacial score (nSPS) is 30.6. The van der Waals surface area contributed by atoms with Crippen LogP contribution in [0.15, 0.2) is 15.9 Å². The summed E-state index contributed by atoms with van der Waals surface area (Å²) >= 11 is 5.23. The SMILES string of the molecule is COC1CCC(O)(Cc2sccc2Br)CC1. The molecule has 0 unspecified atom stereocenters. The minimum atomic E-state index is -0.525. The predicted octanol–water partition coefficient (Wildman–Crippen LogP) is 3.37. The molecule has 2 rings (SSSR count). The van der Waals surface area contributed by atoms with Crippen LogP contribution in [0, 0.1) is 0 Å². The zero-order valence-corrected chi connectivity index (χ0v) is 11.8. The maximum atomic E-state index is 10.5. The molecule has 0 spiro atoms. The van der Waals surface area contributed by atoms with Gasteiger partial charge in [-0.1, -0.05) is 0 Å². The van der Waals surface area contributed by atoms with Crippen LogP contribution in [-0.2, 0) is 11.2 Å². The van der Waals surface area contributed by atoms with Crippen molar-refractivity contribution in [3.63, 3.8) is 0 Å². The van der Waals surface area contributed by atoms with Gasteiger partial charge in [0.05, 0.1) is 11.7 Å². The fraction of sp³-hybridized carbons (Fsp3) is 0.667. The standard InChI is InChI=1S/C12H17BrO2S/c1-15-9-2-5-12(14,6-3-9)8-11-10(13)4-7-16-11/h4,7,9,14H,2-3,5-6,8H2,1H3. The third-order valence-corrected chi connectivity index (χ3v) is 5.30. The second-order valence-electron chi connectivity index (χ2n) is 4.53. The van der Waals surface area contributed by atoms with Crippen molar-refractivity contribution in [1.29, 1.82) is 0 Å². The van der Waals surface area contributed by atoms with Crippen LogP contribution < -0.4 is 0 Å². The topological polar surface area (TPSA) is 29.5 Å². The first-order chi connectivity index (χ1) is 7.63. The lowest BCUT2D eigenvalue weighted by atomic mass is 9.81. The fourth-order valence-electron chi connectivity index (χ4n) is 2.29. The summed E-state index contributed by atoms with van der Waals surface area (Å²) in [6.07, 6.45) is 4.73.